The molecule has 0 bridgehead atoms. The molecule has 0 radical (unpaired) electrons. The Kier molecular flexibility index (Phi) is 6.80. The lowest BCUT2D eigenvalue weighted by Crippen LogP contribution is -2.46. The van der Waals surface area contributed by atoms with Crippen LogP contribution >= 0.6 is 0 Å². The summed E-state index contributed by atoms with van der Waals surface area (Å²) in [4.78, 5) is 25.8. The summed E-state index contributed by atoms with van der Waals surface area (Å²) in [5.74, 6) is -0.591. The van der Waals surface area contributed by atoms with Gasteiger partial charge in [-0.05, 0) is 25.8 Å². The molecule has 2 N–H and O–H groups in total. The van der Waals surface area contributed by atoms with Gasteiger partial charge in [-0.1, -0.05) is 0 Å². The summed E-state index contributed by atoms with van der Waals surface area (Å²) >= 11 is 0. The van der Waals surface area contributed by atoms with Crippen molar-refractivity contribution in [3.63, 3.8) is 0 Å². The molecule has 6 nitrogen and oxygen atoms in total. The van der Waals surface area contributed by atoms with Gasteiger partial charge in [0.2, 0.25) is 5.91 Å². The van der Waals surface area contributed by atoms with Gasteiger partial charge >= 0.3 is 5.97 Å². The van der Waals surface area contributed by atoms with Crippen molar-refractivity contribution in [2.75, 3.05) is 40.3 Å². The lowest BCUT2D eigenvalue weighted by molar-refractivity contribution is -0.137. The van der Waals surface area contributed by atoms with Gasteiger partial charge in [-0.25, -0.2) is 0 Å². The SMILES string of the molecule is CN(C)C(=O)CN1CCC(NCCCC(=O)O)CC1. The van der Waals surface area contributed by atoms with Crippen molar-refractivity contribution < 1.29 is 14.7 Å². The van der Waals surface area contributed by atoms with Gasteiger partial charge in [-0.2, -0.15) is 0 Å². The number of rotatable bonds is 7. The summed E-state index contributed by atoms with van der Waals surface area (Å²) in [6, 6.07) is 0.458. The second kappa shape index (κ2) is 8.12. The predicted octanol–water partition coefficient (Wildman–Crippen LogP) is -0.00660. The second-order valence-electron chi connectivity index (χ2n) is 5.29. The van der Waals surface area contributed by atoms with E-state index in [1.54, 1.807) is 19.0 Å². The van der Waals surface area contributed by atoms with Crippen molar-refractivity contribution in [1.82, 2.24) is 15.1 Å². The van der Waals surface area contributed by atoms with Crippen molar-refractivity contribution in [2.24, 2.45) is 0 Å². The molecule has 0 spiro atoms. The first-order valence-electron chi connectivity index (χ1n) is 6.86. The van der Waals surface area contributed by atoms with Gasteiger partial charge in [0.25, 0.3) is 0 Å². The number of amides is 1. The third kappa shape index (κ3) is 6.54. The van der Waals surface area contributed by atoms with Crippen molar-refractivity contribution in [3.8, 4) is 0 Å². The summed E-state index contributed by atoms with van der Waals surface area (Å²) in [5.41, 5.74) is 0. The molecule has 1 aliphatic heterocycles. The maximum Gasteiger partial charge on any atom is 0.303 e. The Labute approximate surface area is 114 Å². The van der Waals surface area contributed by atoms with Crippen LogP contribution in [0.5, 0.6) is 0 Å². The summed E-state index contributed by atoms with van der Waals surface area (Å²) in [7, 11) is 3.55. The minimum Gasteiger partial charge on any atom is -0.481 e. The average molecular weight is 271 g/mol. The first kappa shape index (κ1) is 15.9. The lowest BCUT2D eigenvalue weighted by Gasteiger charge is -2.32. The molecule has 0 aliphatic carbocycles. The number of hydrogen-bond donors (Lipinski definition) is 2. The topological polar surface area (TPSA) is 72.9 Å². The Hall–Kier alpha value is -1.14. The molecule has 1 amide bonds. The number of aliphatic carboxylic acids is 1. The number of nitrogens with zero attached hydrogens (tertiary/aromatic N) is 2. The first-order chi connectivity index (χ1) is 8.99. The monoisotopic (exact) mass is 271 g/mol. The fourth-order valence-corrected chi connectivity index (χ4v) is 2.17. The molecule has 1 saturated heterocycles. The lowest BCUT2D eigenvalue weighted by atomic mass is 10.0. The molecule has 0 aromatic heterocycles. The molecule has 0 aromatic rings. The van der Waals surface area contributed by atoms with Crippen molar-refractivity contribution in [2.45, 2.75) is 31.7 Å². The number of likely N-dealkylation sites (N-methyl/N-ethyl adjacent to an activating group) is 1. The molecule has 6 heteroatoms. The maximum absolute atomic E-state index is 11.6. The molecule has 0 atom stereocenters. The number of carboxylic acid groups (broad SMARTS) is 1. The highest BCUT2D eigenvalue weighted by molar-refractivity contribution is 5.77. The van der Waals surface area contributed by atoms with Gasteiger partial charge in [0.15, 0.2) is 0 Å². The van der Waals surface area contributed by atoms with E-state index in [1.807, 2.05) is 0 Å². The number of carbonyl (C=O) groups is 2. The van der Waals surface area contributed by atoms with E-state index in [0.717, 1.165) is 32.5 Å². The van der Waals surface area contributed by atoms with Crippen molar-refractivity contribution in [3.05, 3.63) is 0 Å². The van der Waals surface area contributed by atoms with E-state index in [9.17, 15) is 9.59 Å². The number of likely N-dealkylation sites (tertiary alicyclic amines) is 1. The van der Waals surface area contributed by atoms with Gasteiger partial charge < -0.3 is 15.3 Å². The minimum atomic E-state index is -0.737. The molecule has 110 valence electrons. The Balaban J connectivity index is 2.11. The Bertz CT molecular complexity index is 300. The van der Waals surface area contributed by atoms with Crippen LogP contribution in [0.25, 0.3) is 0 Å². The smallest absolute Gasteiger partial charge is 0.303 e. The van der Waals surface area contributed by atoms with E-state index in [1.165, 1.54) is 0 Å². The van der Waals surface area contributed by atoms with Gasteiger partial charge in [-0.3, -0.25) is 14.5 Å². The van der Waals surface area contributed by atoms with Crippen LogP contribution in [-0.4, -0.2) is 73.1 Å². The summed E-state index contributed by atoms with van der Waals surface area (Å²) in [6.45, 7) is 3.11. The highest BCUT2D eigenvalue weighted by atomic mass is 16.4. The normalized spacial score (nSPS) is 17.4. The summed E-state index contributed by atoms with van der Waals surface area (Å²) in [5, 5.41) is 11.9. The molecule has 1 rings (SSSR count). The van der Waals surface area contributed by atoms with E-state index >= 15 is 0 Å². The Morgan fingerprint density at radius 3 is 2.47 bits per heavy atom. The van der Waals surface area contributed by atoms with Crippen LogP contribution in [0.15, 0.2) is 0 Å². The molecule has 0 unspecified atom stereocenters. The van der Waals surface area contributed by atoms with E-state index in [-0.39, 0.29) is 12.3 Å². The van der Waals surface area contributed by atoms with E-state index in [0.29, 0.717) is 19.0 Å². The zero-order valence-electron chi connectivity index (χ0n) is 11.9. The van der Waals surface area contributed by atoms with Gasteiger partial charge in [0, 0.05) is 39.6 Å². The fraction of sp³-hybridized carbons (Fsp3) is 0.846. The maximum atomic E-state index is 11.6. The predicted molar refractivity (Wildman–Crippen MR) is 73.0 cm³/mol. The molecule has 1 heterocycles. The molecular weight excluding hydrogens is 246 g/mol. The molecular formula is C13H25N3O3. The van der Waals surface area contributed by atoms with Gasteiger partial charge in [-0.15, -0.1) is 0 Å². The number of piperidine rings is 1. The molecule has 19 heavy (non-hydrogen) atoms. The fourth-order valence-electron chi connectivity index (χ4n) is 2.17. The van der Waals surface area contributed by atoms with Crippen LogP contribution in [0, 0.1) is 0 Å². The standard InChI is InChI=1S/C13H25N3O3/c1-15(2)12(17)10-16-8-5-11(6-9-16)14-7-3-4-13(18)19/h11,14H,3-10H2,1-2H3,(H,18,19). The van der Waals surface area contributed by atoms with Crippen LogP contribution < -0.4 is 5.32 Å². The molecule has 1 aliphatic rings. The zero-order chi connectivity index (χ0) is 14.3. The van der Waals surface area contributed by atoms with Crippen LogP contribution in [0.1, 0.15) is 25.7 Å². The van der Waals surface area contributed by atoms with Crippen molar-refractivity contribution in [1.29, 1.82) is 0 Å². The minimum absolute atomic E-state index is 0.146. The first-order valence-corrected chi connectivity index (χ1v) is 6.86. The zero-order valence-corrected chi connectivity index (χ0v) is 11.9. The largest absolute Gasteiger partial charge is 0.481 e. The van der Waals surface area contributed by atoms with Crippen LogP contribution in [0.4, 0.5) is 0 Å². The van der Waals surface area contributed by atoms with Crippen LogP contribution in [0.3, 0.4) is 0 Å². The third-order valence-electron chi connectivity index (χ3n) is 3.45. The van der Waals surface area contributed by atoms with Gasteiger partial charge in [0.1, 0.15) is 0 Å². The Morgan fingerprint density at radius 2 is 1.95 bits per heavy atom. The number of carboxylic acids is 1. The summed E-state index contributed by atoms with van der Waals surface area (Å²) < 4.78 is 0. The van der Waals surface area contributed by atoms with Crippen molar-refractivity contribution >= 4 is 11.9 Å². The quantitative estimate of drug-likeness (QED) is 0.637. The van der Waals surface area contributed by atoms with Gasteiger partial charge in [0.05, 0.1) is 6.54 Å². The highest BCUT2D eigenvalue weighted by Gasteiger charge is 2.20. The number of carbonyl (C=O) groups excluding carboxylic acids is 1. The van der Waals surface area contributed by atoms with Crippen LogP contribution in [-0.2, 0) is 9.59 Å². The molecule has 1 fully saturated rings. The molecule has 0 saturated carbocycles. The van der Waals surface area contributed by atoms with E-state index < -0.39 is 5.97 Å². The second-order valence-corrected chi connectivity index (χ2v) is 5.29. The Morgan fingerprint density at radius 1 is 1.32 bits per heavy atom. The van der Waals surface area contributed by atoms with E-state index in [2.05, 4.69) is 10.2 Å². The van der Waals surface area contributed by atoms with E-state index in [4.69, 9.17) is 5.11 Å². The summed E-state index contributed by atoms with van der Waals surface area (Å²) in [6.07, 6.45) is 2.94. The van der Waals surface area contributed by atoms with Crippen LogP contribution in [0.2, 0.25) is 0 Å². The number of hydrogen-bond acceptors (Lipinski definition) is 4. The third-order valence-corrected chi connectivity index (χ3v) is 3.45. The highest BCUT2D eigenvalue weighted by Crippen LogP contribution is 2.10. The molecule has 0 aromatic carbocycles. The number of nitrogens with one attached hydrogen (secondary N) is 1. The average Bonchev–Trinajstić information content (AvgIpc) is 2.36.